The Kier molecular flexibility index (Phi) is 4.50. The fourth-order valence-corrected chi connectivity index (χ4v) is 2.71. The second-order valence-corrected chi connectivity index (χ2v) is 6.34. The molecular formula is C17H24N4O2. The monoisotopic (exact) mass is 316 g/mol. The Morgan fingerprint density at radius 2 is 2.22 bits per heavy atom. The molecule has 0 aliphatic heterocycles. The number of hydrogen-bond acceptors (Lipinski definition) is 5. The van der Waals surface area contributed by atoms with Gasteiger partial charge < -0.3 is 10.5 Å². The average molecular weight is 316 g/mol. The summed E-state index contributed by atoms with van der Waals surface area (Å²) in [6.45, 7) is 5.26. The number of nitrogens with two attached hydrogens (primary N) is 1. The van der Waals surface area contributed by atoms with E-state index in [0.717, 1.165) is 49.7 Å². The summed E-state index contributed by atoms with van der Waals surface area (Å²) in [5.41, 5.74) is 8.37. The number of aromatic nitrogens is 3. The smallest absolute Gasteiger partial charge is 0.342 e. The van der Waals surface area contributed by atoms with Crippen LogP contribution in [0.15, 0.2) is 6.20 Å². The molecule has 2 aromatic rings. The largest absolute Gasteiger partial charge is 0.462 e. The number of hydrogen-bond donors (Lipinski definition) is 1. The molecule has 124 valence electrons. The van der Waals surface area contributed by atoms with Crippen LogP contribution in [-0.2, 0) is 11.3 Å². The van der Waals surface area contributed by atoms with Gasteiger partial charge in [0.05, 0.1) is 29.6 Å². The predicted molar refractivity (Wildman–Crippen MR) is 89.2 cm³/mol. The minimum absolute atomic E-state index is 0.375. The third-order valence-electron chi connectivity index (χ3n) is 4.33. The highest BCUT2D eigenvalue weighted by atomic mass is 16.5. The van der Waals surface area contributed by atoms with Gasteiger partial charge in [-0.15, -0.1) is 0 Å². The number of pyridine rings is 1. The van der Waals surface area contributed by atoms with E-state index >= 15 is 0 Å². The topological polar surface area (TPSA) is 83.0 Å². The van der Waals surface area contributed by atoms with Gasteiger partial charge in [-0.25, -0.2) is 14.5 Å². The number of ether oxygens (including phenoxy) is 1. The Labute approximate surface area is 136 Å². The highest BCUT2D eigenvalue weighted by Crippen LogP contribution is 2.30. The number of fused-ring (bicyclic) bond motifs is 1. The van der Waals surface area contributed by atoms with E-state index in [4.69, 9.17) is 10.5 Å². The van der Waals surface area contributed by atoms with Gasteiger partial charge in [0.15, 0.2) is 5.65 Å². The minimum atomic E-state index is -0.375. The second-order valence-electron chi connectivity index (χ2n) is 6.34. The molecule has 0 radical (unpaired) electrons. The maximum absolute atomic E-state index is 12.3. The maximum Gasteiger partial charge on any atom is 0.342 e. The van der Waals surface area contributed by atoms with E-state index in [0.29, 0.717) is 29.5 Å². The molecule has 6 heteroatoms. The maximum atomic E-state index is 12.3. The summed E-state index contributed by atoms with van der Waals surface area (Å²) in [7, 11) is 0. The fourth-order valence-electron chi connectivity index (χ4n) is 2.71. The number of rotatable bonds is 7. The van der Waals surface area contributed by atoms with Crippen LogP contribution in [0.2, 0.25) is 0 Å². The van der Waals surface area contributed by atoms with E-state index in [1.54, 1.807) is 13.1 Å². The fraction of sp³-hybridized carbons (Fsp3) is 0.588. The first-order chi connectivity index (χ1) is 11.1. The van der Waals surface area contributed by atoms with Crippen molar-refractivity contribution in [1.29, 1.82) is 0 Å². The number of unbranched alkanes of at least 4 members (excludes halogenated alkanes) is 2. The van der Waals surface area contributed by atoms with E-state index in [9.17, 15) is 4.79 Å². The zero-order valence-corrected chi connectivity index (χ0v) is 13.8. The first kappa shape index (κ1) is 15.8. The van der Waals surface area contributed by atoms with Gasteiger partial charge in [-0.3, -0.25) is 0 Å². The molecule has 0 saturated heterocycles. The Balaban J connectivity index is 1.86. The highest BCUT2D eigenvalue weighted by molar-refractivity contribution is 6.04. The third kappa shape index (κ3) is 3.30. The molecule has 0 spiro atoms. The van der Waals surface area contributed by atoms with E-state index in [1.807, 2.05) is 4.68 Å². The first-order valence-electron chi connectivity index (χ1n) is 8.40. The average Bonchev–Trinajstić information content (AvgIpc) is 3.27. The van der Waals surface area contributed by atoms with E-state index in [2.05, 4.69) is 17.0 Å². The molecule has 1 fully saturated rings. The summed E-state index contributed by atoms with van der Waals surface area (Å²) in [5, 5.41) is 5.10. The van der Waals surface area contributed by atoms with Crippen molar-refractivity contribution in [3.05, 3.63) is 17.5 Å². The van der Waals surface area contributed by atoms with Crippen LogP contribution < -0.4 is 5.73 Å². The van der Waals surface area contributed by atoms with Crippen molar-refractivity contribution >= 4 is 22.7 Å². The van der Waals surface area contributed by atoms with Gasteiger partial charge in [-0.1, -0.05) is 19.8 Å². The molecule has 0 amide bonds. The molecule has 0 atom stereocenters. The van der Waals surface area contributed by atoms with Crippen molar-refractivity contribution in [2.24, 2.45) is 5.92 Å². The quantitative estimate of drug-likeness (QED) is 0.627. The Hall–Kier alpha value is -2.11. The van der Waals surface area contributed by atoms with Crippen molar-refractivity contribution in [3.8, 4) is 0 Å². The predicted octanol–water partition coefficient (Wildman–Crippen LogP) is 3.08. The molecule has 2 N–H and O–H groups in total. The van der Waals surface area contributed by atoms with Gasteiger partial charge in [0.1, 0.15) is 5.56 Å². The molecular weight excluding hydrogens is 292 g/mol. The van der Waals surface area contributed by atoms with E-state index < -0.39 is 0 Å². The van der Waals surface area contributed by atoms with Crippen LogP contribution in [0.25, 0.3) is 11.0 Å². The van der Waals surface area contributed by atoms with Crippen LogP contribution >= 0.6 is 0 Å². The minimum Gasteiger partial charge on any atom is -0.462 e. The molecule has 0 unspecified atom stereocenters. The van der Waals surface area contributed by atoms with Gasteiger partial charge in [0, 0.05) is 6.54 Å². The van der Waals surface area contributed by atoms with Gasteiger partial charge >= 0.3 is 5.97 Å². The number of carbonyl (C=O) groups is 1. The number of esters is 1. The van der Waals surface area contributed by atoms with Crippen molar-refractivity contribution in [2.75, 3.05) is 12.3 Å². The van der Waals surface area contributed by atoms with Gasteiger partial charge in [0.2, 0.25) is 0 Å². The molecule has 3 rings (SSSR count). The summed E-state index contributed by atoms with van der Waals surface area (Å²) in [5.74, 6) is 0.151. The Morgan fingerprint density at radius 1 is 1.43 bits per heavy atom. The normalized spacial score (nSPS) is 14.3. The van der Waals surface area contributed by atoms with Crippen LogP contribution in [0.3, 0.4) is 0 Å². The Bertz CT molecular complexity index is 719. The lowest BCUT2D eigenvalue weighted by molar-refractivity contribution is 0.0486. The van der Waals surface area contributed by atoms with E-state index in [-0.39, 0.29) is 5.97 Å². The number of carbonyl (C=O) groups excluding carboxylic acids is 1. The zero-order valence-electron chi connectivity index (χ0n) is 13.8. The number of nitrogens with zero attached hydrogens (tertiary/aromatic N) is 3. The molecule has 2 aromatic heterocycles. The summed E-state index contributed by atoms with van der Waals surface area (Å²) in [6.07, 6.45) is 7.35. The summed E-state index contributed by atoms with van der Waals surface area (Å²) in [6, 6.07) is 0. The first-order valence-corrected chi connectivity index (χ1v) is 8.40. The standard InChI is InChI=1S/C17H24N4O2/c1-3-4-5-8-21-16-13(9-19-21)15(18)14(11(2)20-16)17(22)23-10-12-6-7-12/h9,12H,3-8,10H2,1-2H3,(H2,18,20). The molecule has 0 aromatic carbocycles. The van der Waals surface area contributed by atoms with Crippen LogP contribution in [0.5, 0.6) is 0 Å². The van der Waals surface area contributed by atoms with Gasteiger partial charge in [0.25, 0.3) is 0 Å². The lowest BCUT2D eigenvalue weighted by Gasteiger charge is -2.10. The van der Waals surface area contributed by atoms with Crippen molar-refractivity contribution in [2.45, 2.75) is 52.5 Å². The SMILES string of the molecule is CCCCCn1ncc2c(N)c(C(=O)OCC3CC3)c(C)nc21. The number of aryl methyl sites for hydroxylation is 2. The molecule has 0 bridgehead atoms. The zero-order chi connectivity index (χ0) is 16.4. The van der Waals surface area contributed by atoms with Gasteiger partial charge in [-0.05, 0) is 32.1 Å². The van der Waals surface area contributed by atoms with Crippen LogP contribution in [0, 0.1) is 12.8 Å². The molecule has 1 saturated carbocycles. The molecule has 1 aliphatic rings. The highest BCUT2D eigenvalue weighted by Gasteiger charge is 2.26. The number of anilines is 1. The lowest BCUT2D eigenvalue weighted by Crippen LogP contribution is -2.14. The van der Waals surface area contributed by atoms with Gasteiger partial charge in [-0.2, -0.15) is 5.10 Å². The molecule has 2 heterocycles. The molecule has 6 nitrogen and oxygen atoms in total. The van der Waals surface area contributed by atoms with Crippen molar-refractivity contribution in [1.82, 2.24) is 14.8 Å². The molecule has 23 heavy (non-hydrogen) atoms. The molecule has 1 aliphatic carbocycles. The third-order valence-corrected chi connectivity index (χ3v) is 4.33. The summed E-state index contributed by atoms with van der Waals surface area (Å²) < 4.78 is 7.23. The van der Waals surface area contributed by atoms with Crippen molar-refractivity contribution < 1.29 is 9.53 Å². The lowest BCUT2D eigenvalue weighted by atomic mass is 10.1. The number of nitrogen functional groups attached to an aromatic ring is 1. The van der Waals surface area contributed by atoms with E-state index in [1.165, 1.54) is 0 Å². The summed E-state index contributed by atoms with van der Waals surface area (Å²) >= 11 is 0. The second kappa shape index (κ2) is 6.56. The van der Waals surface area contributed by atoms with Crippen molar-refractivity contribution in [3.63, 3.8) is 0 Å². The Morgan fingerprint density at radius 3 is 2.91 bits per heavy atom. The van der Waals surface area contributed by atoms with Crippen LogP contribution in [-0.4, -0.2) is 27.3 Å². The summed E-state index contributed by atoms with van der Waals surface area (Å²) in [4.78, 5) is 16.9. The van der Waals surface area contributed by atoms with Crippen LogP contribution in [0.1, 0.15) is 55.1 Å². The van der Waals surface area contributed by atoms with Crippen LogP contribution in [0.4, 0.5) is 5.69 Å².